The van der Waals surface area contributed by atoms with Gasteiger partial charge in [0, 0.05) is 31.0 Å². The minimum Gasteiger partial charge on any atom is -0.354 e. The number of aryl methyl sites for hydroxylation is 1. The second kappa shape index (κ2) is 13.6. The van der Waals surface area contributed by atoms with Crippen molar-refractivity contribution in [3.8, 4) is 0 Å². The van der Waals surface area contributed by atoms with Crippen LogP contribution in [-0.2, 0) is 29.0 Å². The number of amides is 2. The second-order valence-electron chi connectivity index (χ2n) is 8.49. The maximum atomic E-state index is 13.6. The lowest BCUT2D eigenvalue weighted by atomic mass is 10.0. The van der Waals surface area contributed by atoms with Crippen molar-refractivity contribution in [3.05, 3.63) is 107 Å². The first-order valence-electron chi connectivity index (χ1n) is 12.0. The molecule has 3 rings (SSSR count). The summed E-state index contributed by atoms with van der Waals surface area (Å²) < 4.78 is 0. The summed E-state index contributed by atoms with van der Waals surface area (Å²) >= 11 is 6.22. The highest BCUT2D eigenvalue weighted by molar-refractivity contribution is 6.30. The van der Waals surface area contributed by atoms with E-state index in [9.17, 15) is 9.59 Å². The summed E-state index contributed by atoms with van der Waals surface area (Å²) in [6.45, 7) is 3.02. The van der Waals surface area contributed by atoms with E-state index in [1.165, 1.54) is 0 Å². The Morgan fingerprint density at radius 1 is 0.882 bits per heavy atom. The van der Waals surface area contributed by atoms with E-state index in [2.05, 4.69) is 12.2 Å². The average Bonchev–Trinajstić information content (AvgIpc) is 2.86. The van der Waals surface area contributed by atoms with E-state index in [1.54, 1.807) is 4.90 Å². The standard InChI is InChI=1S/C29H33ClN2O2/c1-2-3-19-31-29(34)27(21-24-13-8-5-9-14-24)32(22-25-15-10-16-26(30)20-25)28(33)18-17-23-11-6-4-7-12-23/h4-16,20,27H,2-3,17-19,21-22H2,1H3,(H,31,34)/t27-/m1/s1. The number of halogens is 1. The SMILES string of the molecule is CCCCNC(=O)[C@@H](Cc1ccccc1)N(Cc1cccc(Cl)c1)C(=O)CCc1ccccc1. The Labute approximate surface area is 207 Å². The molecule has 0 saturated carbocycles. The molecular weight excluding hydrogens is 444 g/mol. The zero-order valence-electron chi connectivity index (χ0n) is 19.8. The normalized spacial score (nSPS) is 11.6. The summed E-state index contributed by atoms with van der Waals surface area (Å²) in [5.74, 6) is -0.164. The van der Waals surface area contributed by atoms with Crippen LogP contribution in [0.1, 0.15) is 42.9 Å². The van der Waals surface area contributed by atoms with Gasteiger partial charge in [0.25, 0.3) is 0 Å². The number of nitrogens with zero attached hydrogens (tertiary/aromatic N) is 1. The predicted molar refractivity (Wildman–Crippen MR) is 139 cm³/mol. The van der Waals surface area contributed by atoms with Gasteiger partial charge in [-0.25, -0.2) is 0 Å². The van der Waals surface area contributed by atoms with E-state index in [0.29, 0.717) is 37.4 Å². The quantitative estimate of drug-likeness (QED) is 0.334. The highest BCUT2D eigenvalue weighted by Crippen LogP contribution is 2.19. The Morgan fingerprint density at radius 3 is 2.18 bits per heavy atom. The Morgan fingerprint density at radius 2 is 1.53 bits per heavy atom. The second-order valence-corrected chi connectivity index (χ2v) is 8.92. The summed E-state index contributed by atoms with van der Waals surface area (Å²) in [5.41, 5.74) is 3.02. The lowest BCUT2D eigenvalue weighted by Crippen LogP contribution is -2.50. The highest BCUT2D eigenvalue weighted by Gasteiger charge is 2.30. The van der Waals surface area contributed by atoms with Crippen LogP contribution in [0.5, 0.6) is 0 Å². The fourth-order valence-electron chi connectivity index (χ4n) is 3.93. The highest BCUT2D eigenvalue weighted by atomic mass is 35.5. The van der Waals surface area contributed by atoms with Gasteiger partial charge in [-0.05, 0) is 41.7 Å². The fourth-order valence-corrected chi connectivity index (χ4v) is 4.14. The van der Waals surface area contributed by atoms with E-state index in [1.807, 2.05) is 84.9 Å². The van der Waals surface area contributed by atoms with Crippen LogP contribution in [0.15, 0.2) is 84.9 Å². The molecule has 0 saturated heterocycles. The summed E-state index contributed by atoms with van der Waals surface area (Å²) in [4.78, 5) is 28.7. The van der Waals surface area contributed by atoms with Crippen molar-refractivity contribution >= 4 is 23.4 Å². The van der Waals surface area contributed by atoms with Gasteiger partial charge in [-0.3, -0.25) is 9.59 Å². The van der Waals surface area contributed by atoms with Gasteiger partial charge in [-0.2, -0.15) is 0 Å². The molecule has 3 aromatic rings. The lowest BCUT2D eigenvalue weighted by molar-refractivity contribution is -0.141. The molecule has 0 heterocycles. The van der Waals surface area contributed by atoms with Crippen LogP contribution in [0.3, 0.4) is 0 Å². The Balaban J connectivity index is 1.87. The van der Waals surface area contributed by atoms with Gasteiger partial charge >= 0.3 is 0 Å². The smallest absolute Gasteiger partial charge is 0.243 e. The maximum absolute atomic E-state index is 13.6. The van der Waals surface area contributed by atoms with Crippen molar-refractivity contribution in [1.29, 1.82) is 0 Å². The minimum absolute atomic E-state index is 0.0459. The first-order valence-corrected chi connectivity index (χ1v) is 12.3. The summed E-state index contributed by atoms with van der Waals surface area (Å²) in [5, 5.41) is 3.66. The fraction of sp³-hybridized carbons (Fsp3) is 0.310. The number of rotatable bonds is 12. The number of nitrogens with one attached hydrogen (secondary N) is 1. The third-order valence-electron chi connectivity index (χ3n) is 5.81. The molecule has 1 atom stereocenters. The third-order valence-corrected chi connectivity index (χ3v) is 6.05. The van der Waals surface area contributed by atoms with Crippen LogP contribution >= 0.6 is 11.6 Å². The van der Waals surface area contributed by atoms with Gasteiger partial charge < -0.3 is 10.2 Å². The van der Waals surface area contributed by atoms with E-state index in [0.717, 1.165) is 29.5 Å². The van der Waals surface area contributed by atoms with Crippen molar-refractivity contribution in [2.24, 2.45) is 0 Å². The van der Waals surface area contributed by atoms with Gasteiger partial charge in [0.05, 0.1) is 0 Å². The summed E-state index contributed by atoms with van der Waals surface area (Å²) in [6.07, 6.45) is 3.31. The van der Waals surface area contributed by atoms with Crippen LogP contribution in [0.25, 0.3) is 0 Å². The van der Waals surface area contributed by atoms with Crippen LogP contribution < -0.4 is 5.32 Å². The molecule has 0 aliphatic rings. The Hall–Kier alpha value is -3.11. The minimum atomic E-state index is -0.610. The molecule has 0 spiro atoms. The predicted octanol–water partition coefficient (Wildman–Crippen LogP) is 5.83. The van der Waals surface area contributed by atoms with Crippen molar-refractivity contribution < 1.29 is 9.59 Å². The van der Waals surface area contributed by atoms with Crippen LogP contribution in [0.2, 0.25) is 5.02 Å². The van der Waals surface area contributed by atoms with Crippen molar-refractivity contribution in [2.45, 2.75) is 51.6 Å². The molecule has 4 nitrogen and oxygen atoms in total. The van der Waals surface area contributed by atoms with Crippen molar-refractivity contribution in [3.63, 3.8) is 0 Å². The first-order chi connectivity index (χ1) is 16.6. The molecule has 178 valence electrons. The van der Waals surface area contributed by atoms with Gasteiger partial charge in [0.1, 0.15) is 6.04 Å². The summed E-state index contributed by atoms with van der Waals surface area (Å²) in [7, 11) is 0. The number of carbonyl (C=O) groups excluding carboxylic acids is 2. The molecule has 3 aromatic carbocycles. The Bertz CT molecular complexity index is 1040. The average molecular weight is 477 g/mol. The van der Waals surface area contributed by atoms with Crippen LogP contribution in [0, 0.1) is 0 Å². The largest absolute Gasteiger partial charge is 0.354 e. The Kier molecular flexibility index (Phi) is 10.2. The molecule has 2 amide bonds. The number of hydrogen-bond acceptors (Lipinski definition) is 2. The van der Waals surface area contributed by atoms with Gasteiger partial charge in [-0.1, -0.05) is 97.7 Å². The number of carbonyl (C=O) groups is 2. The molecule has 1 N–H and O–H groups in total. The molecule has 0 bridgehead atoms. The third kappa shape index (κ3) is 8.03. The van der Waals surface area contributed by atoms with E-state index >= 15 is 0 Å². The molecule has 0 aromatic heterocycles. The number of hydrogen-bond donors (Lipinski definition) is 1. The molecule has 0 radical (unpaired) electrons. The number of benzene rings is 3. The van der Waals surface area contributed by atoms with Gasteiger partial charge in [0.2, 0.25) is 11.8 Å². The van der Waals surface area contributed by atoms with Gasteiger partial charge in [0.15, 0.2) is 0 Å². The molecular formula is C29H33ClN2O2. The molecule has 0 aliphatic carbocycles. The van der Waals surface area contributed by atoms with E-state index in [4.69, 9.17) is 11.6 Å². The van der Waals surface area contributed by atoms with Crippen LogP contribution in [-0.4, -0.2) is 29.3 Å². The zero-order valence-corrected chi connectivity index (χ0v) is 20.5. The summed E-state index contributed by atoms with van der Waals surface area (Å²) in [6, 6.07) is 26.7. The zero-order chi connectivity index (χ0) is 24.2. The number of unbranched alkanes of at least 4 members (excludes halogenated alkanes) is 1. The van der Waals surface area contributed by atoms with Crippen molar-refractivity contribution in [1.82, 2.24) is 10.2 Å². The molecule has 0 fully saturated rings. The van der Waals surface area contributed by atoms with Crippen molar-refractivity contribution in [2.75, 3.05) is 6.54 Å². The lowest BCUT2D eigenvalue weighted by Gasteiger charge is -2.32. The maximum Gasteiger partial charge on any atom is 0.243 e. The topological polar surface area (TPSA) is 49.4 Å². The van der Waals surface area contributed by atoms with Gasteiger partial charge in [-0.15, -0.1) is 0 Å². The van der Waals surface area contributed by atoms with Crippen LogP contribution in [0.4, 0.5) is 0 Å². The monoisotopic (exact) mass is 476 g/mol. The van der Waals surface area contributed by atoms with E-state index < -0.39 is 6.04 Å². The van der Waals surface area contributed by atoms with E-state index in [-0.39, 0.29) is 11.8 Å². The molecule has 5 heteroatoms. The molecule has 0 aliphatic heterocycles. The molecule has 34 heavy (non-hydrogen) atoms. The molecule has 0 unspecified atom stereocenters. The first kappa shape index (κ1) is 25.5.